The highest BCUT2D eigenvalue weighted by molar-refractivity contribution is 5.91. The van der Waals surface area contributed by atoms with Gasteiger partial charge in [-0.25, -0.2) is 9.78 Å². The number of hydrogen-bond acceptors (Lipinski definition) is 5. The van der Waals surface area contributed by atoms with Gasteiger partial charge in [0.1, 0.15) is 0 Å². The minimum Gasteiger partial charge on any atom is -0.465 e. The van der Waals surface area contributed by atoms with Crippen molar-refractivity contribution < 1.29 is 14.3 Å². The zero-order valence-corrected chi connectivity index (χ0v) is 22.9. The smallest absolute Gasteiger partial charge is 0.337 e. The highest BCUT2D eigenvalue weighted by Gasteiger charge is 2.43. The Labute approximate surface area is 234 Å². The molecule has 1 fully saturated rings. The second-order valence-electron chi connectivity index (χ2n) is 10.8. The number of methoxy groups -OCH3 is 1. The van der Waals surface area contributed by atoms with Crippen LogP contribution >= 0.6 is 0 Å². The molecule has 1 saturated carbocycles. The Balaban J connectivity index is 1.26. The minimum atomic E-state index is -0.343. The topological polar surface area (TPSA) is 87.3 Å². The van der Waals surface area contributed by atoms with Gasteiger partial charge in [-0.2, -0.15) is 0 Å². The third-order valence-electron chi connectivity index (χ3n) is 8.30. The van der Waals surface area contributed by atoms with Crippen LogP contribution in [0.3, 0.4) is 0 Å². The van der Waals surface area contributed by atoms with Crippen molar-refractivity contribution in [2.45, 2.75) is 45.3 Å². The summed E-state index contributed by atoms with van der Waals surface area (Å²) in [7, 11) is 1.40. The van der Waals surface area contributed by atoms with E-state index in [1.165, 1.54) is 23.8 Å². The van der Waals surface area contributed by atoms with Crippen LogP contribution in [0.2, 0.25) is 0 Å². The second kappa shape index (κ2) is 11.1. The highest BCUT2D eigenvalue weighted by Crippen LogP contribution is 2.47. The molecule has 1 amide bonds. The number of carbonyl (C=O) groups excluding carboxylic acids is 2. The molecule has 1 aromatic heterocycles. The molecule has 2 atom stereocenters. The van der Waals surface area contributed by atoms with E-state index in [1.807, 2.05) is 43.3 Å². The first kappa shape index (κ1) is 26.0. The first-order valence-electron chi connectivity index (χ1n) is 13.9. The lowest BCUT2D eigenvalue weighted by molar-refractivity contribution is -0.122. The number of aryl methyl sites for hydroxylation is 1. The number of carbonyl (C=O) groups is 2. The van der Waals surface area contributed by atoms with Crippen LogP contribution in [-0.2, 0) is 35.6 Å². The van der Waals surface area contributed by atoms with Gasteiger partial charge in [-0.05, 0) is 71.2 Å². The average molecular weight is 535 g/mol. The summed E-state index contributed by atoms with van der Waals surface area (Å²) in [6.07, 6.45) is 3.52. The summed E-state index contributed by atoms with van der Waals surface area (Å²) in [6.45, 7) is 4.99. The fraction of sp³-hybridized carbons (Fsp3) is 0.303. The summed E-state index contributed by atoms with van der Waals surface area (Å²) >= 11 is 0. The number of esters is 1. The van der Waals surface area contributed by atoms with E-state index in [0.717, 1.165) is 60.6 Å². The lowest BCUT2D eigenvalue weighted by atomic mass is 9.87. The predicted molar refractivity (Wildman–Crippen MR) is 153 cm³/mol. The largest absolute Gasteiger partial charge is 0.465 e. The van der Waals surface area contributed by atoms with Gasteiger partial charge in [0, 0.05) is 37.8 Å². The van der Waals surface area contributed by atoms with Gasteiger partial charge in [0.25, 0.3) is 0 Å². The van der Waals surface area contributed by atoms with E-state index in [2.05, 4.69) is 44.5 Å². The van der Waals surface area contributed by atoms with E-state index in [-0.39, 0.29) is 17.8 Å². The number of hydrogen-bond donors (Lipinski definition) is 2. The predicted octanol–water partition coefficient (Wildman–Crippen LogP) is 5.15. The van der Waals surface area contributed by atoms with E-state index < -0.39 is 0 Å². The van der Waals surface area contributed by atoms with Gasteiger partial charge in [0.05, 0.1) is 24.7 Å². The van der Waals surface area contributed by atoms with Crippen molar-refractivity contribution in [2.75, 3.05) is 13.7 Å². The third-order valence-corrected chi connectivity index (χ3v) is 8.30. The maximum Gasteiger partial charge on any atom is 0.337 e. The van der Waals surface area contributed by atoms with Crippen LogP contribution in [0.4, 0.5) is 0 Å². The maximum atomic E-state index is 13.1. The molecule has 0 saturated heterocycles. The molecule has 7 heteroatoms. The molecule has 2 unspecified atom stereocenters. The number of amides is 1. The van der Waals surface area contributed by atoms with Crippen LogP contribution in [0.1, 0.15) is 56.3 Å². The molecule has 7 nitrogen and oxygen atoms in total. The van der Waals surface area contributed by atoms with Crippen LogP contribution in [0.5, 0.6) is 0 Å². The zero-order valence-electron chi connectivity index (χ0n) is 22.9. The zero-order chi connectivity index (χ0) is 27.6. The van der Waals surface area contributed by atoms with E-state index in [9.17, 15) is 9.59 Å². The first-order valence-corrected chi connectivity index (χ1v) is 13.9. The minimum absolute atomic E-state index is 0.0395. The summed E-state index contributed by atoms with van der Waals surface area (Å²) in [6, 6.07) is 22.2. The summed E-state index contributed by atoms with van der Waals surface area (Å²) in [5.74, 6) is 0.131. The molecule has 204 valence electrons. The Morgan fingerprint density at radius 2 is 1.93 bits per heavy atom. The molecule has 0 radical (unpaired) electrons. The van der Waals surface area contributed by atoms with Crippen molar-refractivity contribution >= 4 is 11.9 Å². The van der Waals surface area contributed by atoms with Crippen LogP contribution in [0.25, 0.3) is 11.1 Å². The normalized spacial score (nSPS) is 18.1. The molecular formula is C33H34N4O3. The number of fused-ring (bicyclic) bond motifs is 1. The van der Waals surface area contributed by atoms with Crippen molar-refractivity contribution in [1.29, 1.82) is 0 Å². The lowest BCUT2D eigenvalue weighted by Gasteiger charge is -2.32. The Bertz CT molecular complexity index is 1540. The number of nitrogens with zero attached hydrogens (tertiary/aromatic N) is 2. The molecule has 1 aliphatic heterocycles. The van der Waals surface area contributed by atoms with Gasteiger partial charge in [-0.1, -0.05) is 54.6 Å². The summed E-state index contributed by atoms with van der Waals surface area (Å²) < 4.78 is 4.95. The SMILES string of the molecule is COC(=O)c1cccc(-c2ccc(CNC(=O)C3CC3c3ccccc3)c3c2CCN(Cc2nc[nH]c2C)C3)c1. The lowest BCUT2D eigenvalue weighted by Crippen LogP contribution is -2.33. The number of imidazole rings is 1. The van der Waals surface area contributed by atoms with Gasteiger partial charge in [0.15, 0.2) is 0 Å². The van der Waals surface area contributed by atoms with Crippen molar-refractivity contribution in [3.63, 3.8) is 0 Å². The fourth-order valence-electron chi connectivity index (χ4n) is 5.92. The van der Waals surface area contributed by atoms with Gasteiger partial charge in [-0.3, -0.25) is 9.69 Å². The fourth-order valence-corrected chi connectivity index (χ4v) is 5.92. The van der Waals surface area contributed by atoms with Crippen molar-refractivity contribution in [2.24, 2.45) is 5.92 Å². The van der Waals surface area contributed by atoms with Crippen molar-refractivity contribution in [1.82, 2.24) is 20.2 Å². The van der Waals surface area contributed by atoms with Crippen LogP contribution in [0.15, 0.2) is 73.1 Å². The number of nitrogens with one attached hydrogen (secondary N) is 2. The molecule has 0 spiro atoms. The van der Waals surface area contributed by atoms with Gasteiger partial charge in [-0.15, -0.1) is 0 Å². The summed E-state index contributed by atoms with van der Waals surface area (Å²) in [4.78, 5) is 35.4. The number of H-pyrrole nitrogens is 1. The molecular weight excluding hydrogens is 500 g/mol. The molecule has 4 aromatic rings. The highest BCUT2D eigenvalue weighted by atomic mass is 16.5. The van der Waals surface area contributed by atoms with E-state index in [0.29, 0.717) is 18.0 Å². The first-order chi connectivity index (χ1) is 19.5. The van der Waals surface area contributed by atoms with Crippen LogP contribution in [-0.4, -0.2) is 40.4 Å². The van der Waals surface area contributed by atoms with E-state index in [1.54, 1.807) is 12.4 Å². The van der Waals surface area contributed by atoms with Gasteiger partial charge < -0.3 is 15.0 Å². The summed E-state index contributed by atoms with van der Waals surface area (Å²) in [5, 5.41) is 3.24. The number of rotatable bonds is 8. The number of ether oxygens (including phenoxy) is 1. The molecule has 2 heterocycles. The summed E-state index contributed by atoms with van der Waals surface area (Å²) in [5.41, 5.74) is 9.69. The quantitative estimate of drug-likeness (QED) is 0.305. The maximum absolute atomic E-state index is 13.1. The third kappa shape index (κ3) is 5.29. The molecule has 3 aromatic carbocycles. The Morgan fingerprint density at radius 1 is 1.07 bits per heavy atom. The molecule has 0 bridgehead atoms. The monoisotopic (exact) mass is 534 g/mol. The van der Waals surface area contributed by atoms with Crippen molar-refractivity contribution in [3.05, 3.63) is 112 Å². The van der Waals surface area contributed by atoms with Gasteiger partial charge in [0.2, 0.25) is 5.91 Å². The number of benzene rings is 3. The van der Waals surface area contributed by atoms with Gasteiger partial charge >= 0.3 is 5.97 Å². The average Bonchev–Trinajstić information content (AvgIpc) is 3.71. The number of aromatic nitrogens is 2. The van der Waals surface area contributed by atoms with Crippen LogP contribution < -0.4 is 5.32 Å². The molecule has 6 rings (SSSR count). The van der Waals surface area contributed by atoms with E-state index in [4.69, 9.17) is 4.74 Å². The van der Waals surface area contributed by atoms with Crippen LogP contribution in [0, 0.1) is 12.8 Å². The molecule has 2 aliphatic rings. The number of aromatic amines is 1. The Morgan fingerprint density at radius 3 is 2.70 bits per heavy atom. The van der Waals surface area contributed by atoms with E-state index >= 15 is 0 Å². The Kier molecular flexibility index (Phi) is 7.22. The van der Waals surface area contributed by atoms with Crippen molar-refractivity contribution in [3.8, 4) is 11.1 Å². The standard InChI is InChI=1S/C33H34N4O3/c1-21-31(36-20-35-21)19-37-14-13-27-26(23-9-6-10-24(15-23)33(39)40-2)12-11-25(30(27)18-37)17-34-32(38)29-16-28(29)22-7-4-3-5-8-22/h3-12,15,20,28-29H,13-14,16-19H2,1-2H3,(H,34,38)(H,35,36). The molecule has 1 aliphatic carbocycles. The molecule has 40 heavy (non-hydrogen) atoms. The molecule has 2 N–H and O–H groups in total. The Hall–Kier alpha value is -4.23. The second-order valence-corrected chi connectivity index (χ2v) is 10.8.